The van der Waals surface area contributed by atoms with E-state index in [1.165, 1.54) is 0 Å². The second kappa shape index (κ2) is 13.4. The van der Waals surface area contributed by atoms with Crippen LogP contribution in [-0.2, 0) is 28.9 Å². The Bertz CT molecular complexity index is 1390. The van der Waals surface area contributed by atoms with Gasteiger partial charge in [-0.3, -0.25) is 4.79 Å². The van der Waals surface area contributed by atoms with Crippen molar-refractivity contribution in [3.63, 3.8) is 0 Å². The van der Waals surface area contributed by atoms with Gasteiger partial charge in [-0.25, -0.2) is 4.98 Å². The van der Waals surface area contributed by atoms with Crippen LogP contribution >= 0.6 is 11.6 Å². The summed E-state index contributed by atoms with van der Waals surface area (Å²) in [5.41, 5.74) is 11.2. The van der Waals surface area contributed by atoms with Crippen LogP contribution in [0.3, 0.4) is 0 Å². The Morgan fingerprint density at radius 2 is 1.75 bits per heavy atom. The number of hydrogen-bond donors (Lipinski definition) is 1. The van der Waals surface area contributed by atoms with Gasteiger partial charge in [0, 0.05) is 50.3 Å². The first-order chi connectivity index (χ1) is 19.5. The van der Waals surface area contributed by atoms with Gasteiger partial charge in [-0.2, -0.15) is 0 Å². The van der Waals surface area contributed by atoms with E-state index in [4.69, 9.17) is 27.1 Å². The van der Waals surface area contributed by atoms with Gasteiger partial charge in [0.1, 0.15) is 5.82 Å². The Hall–Kier alpha value is -3.19. The van der Waals surface area contributed by atoms with Crippen LogP contribution in [0.4, 0.5) is 0 Å². The Balaban J connectivity index is 1.38. The van der Waals surface area contributed by atoms with E-state index < -0.39 is 0 Å². The lowest BCUT2D eigenvalue weighted by atomic mass is 9.86. The standard InChI is InChI=1S/C33H39ClN4O2/c1-40-20-8-19-38-31-13-6-5-12-30(31)36-32(38)26-11-7-18-37(23-26)33(39)28(21-24-9-3-2-4-10-24)29(35)22-25-14-16-27(34)17-15-25/h2-6,9-10,12-17,26,28-29H,7-8,11,18-23,35H2,1H3/t26-,28?,29?/m1/s1. The van der Waals surface area contributed by atoms with Crippen LogP contribution in [0, 0.1) is 5.92 Å². The molecule has 0 aliphatic carbocycles. The number of amides is 1. The maximum Gasteiger partial charge on any atom is 0.227 e. The Morgan fingerprint density at radius 1 is 1.02 bits per heavy atom. The zero-order chi connectivity index (χ0) is 27.9. The maximum absolute atomic E-state index is 14.2. The van der Waals surface area contributed by atoms with Gasteiger partial charge in [-0.05, 0) is 67.5 Å². The average molecular weight is 559 g/mol. The number of rotatable bonds is 11. The van der Waals surface area contributed by atoms with Crippen molar-refractivity contribution < 1.29 is 9.53 Å². The molecule has 0 saturated carbocycles. The monoisotopic (exact) mass is 558 g/mol. The lowest BCUT2D eigenvalue weighted by Crippen LogP contribution is -2.49. The second-order valence-electron chi connectivity index (χ2n) is 10.9. The molecule has 1 aromatic heterocycles. The molecule has 1 amide bonds. The molecule has 2 heterocycles. The van der Waals surface area contributed by atoms with Gasteiger partial charge in [0.05, 0.1) is 17.0 Å². The van der Waals surface area contributed by atoms with E-state index >= 15 is 0 Å². The minimum Gasteiger partial charge on any atom is -0.385 e. The van der Waals surface area contributed by atoms with Gasteiger partial charge in [0.2, 0.25) is 5.91 Å². The summed E-state index contributed by atoms with van der Waals surface area (Å²) >= 11 is 6.10. The van der Waals surface area contributed by atoms with Crippen molar-refractivity contribution in [2.75, 3.05) is 26.8 Å². The number of halogens is 1. The Labute approximate surface area is 242 Å². The number of para-hydroxylation sites is 2. The van der Waals surface area contributed by atoms with Gasteiger partial charge >= 0.3 is 0 Å². The number of fused-ring (bicyclic) bond motifs is 1. The number of nitrogens with two attached hydrogens (primary N) is 1. The zero-order valence-electron chi connectivity index (χ0n) is 23.2. The number of imidazole rings is 1. The third-order valence-corrected chi connectivity index (χ3v) is 8.28. The number of likely N-dealkylation sites (tertiary alicyclic amines) is 1. The molecular weight excluding hydrogens is 520 g/mol. The number of aromatic nitrogens is 2. The van der Waals surface area contributed by atoms with Gasteiger partial charge in [0.15, 0.2) is 0 Å². The van der Waals surface area contributed by atoms with Gasteiger partial charge in [-0.15, -0.1) is 0 Å². The minimum atomic E-state index is -0.322. The molecule has 6 nitrogen and oxygen atoms in total. The summed E-state index contributed by atoms with van der Waals surface area (Å²) in [5, 5.41) is 0.696. The number of carbonyl (C=O) groups is 1. The van der Waals surface area contributed by atoms with Crippen molar-refractivity contribution in [1.82, 2.24) is 14.5 Å². The molecule has 3 aromatic carbocycles. The molecule has 1 fully saturated rings. The molecule has 40 heavy (non-hydrogen) atoms. The van der Waals surface area contributed by atoms with Crippen LogP contribution in [0.5, 0.6) is 0 Å². The molecule has 1 aliphatic heterocycles. The predicted molar refractivity (Wildman–Crippen MR) is 162 cm³/mol. The number of methoxy groups -OCH3 is 1. The molecule has 1 aliphatic rings. The number of carbonyl (C=O) groups excluding carboxylic acids is 1. The van der Waals surface area contributed by atoms with Crippen molar-refractivity contribution >= 4 is 28.5 Å². The molecule has 2 N–H and O–H groups in total. The van der Waals surface area contributed by atoms with Crippen LogP contribution in [0.25, 0.3) is 11.0 Å². The molecule has 0 bridgehead atoms. The van der Waals surface area contributed by atoms with E-state index in [1.807, 2.05) is 53.4 Å². The van der Waals surface area contributed by atoms with E-state index in [-0.39, 0.29) is 23.8 Å². The highest BCUT2D eigenvalue weighted by Crippen LogP contribution is 2.31. The largest absolute Gasteiger partial charge is 0.385 e. The fraction of sp³-hybridized carbons (Fsp3) is 0.394. The van der Waals surface area contributed by atoms with E-state index in [9.17, 15) is 4.79 Å². The van der Waals surface area contributed by atoms with E-state index in [0.29, 0.717) is 31.0 Å². The first kappa shape index (κ1) is 28.3. The fourth-order valence-corrected chi connectivity index (χ4v) is 6.08. The summed E-state index contributed by atoms with van der Waals surface area (Å²) in [5.74, 6) is 1.06. The van der Waals surface area contributed by atoms with Gasteiger partial charge in [0.25, 0.3) is 0 Å². The lowest BCUT2D eigenvalue weighted by molar-refractivity contribution is -0.137. The molecule has 210 valence electrons. The molecular formula is C33H39ClN4O2. The zero-order valence-corrected chi connectivity index (χ0v) is 24.0. The van der Waals surface area contributed by atoms with Crippen LogP contribution < -0.4 is 5.73 Å². The highest BCUT2D eigenvalue weighted by atomic mass is 35.5. The van der Waals surface area contributed by atoms with E-state index in [1.54, 1.807) is 7.11 Å². The van der Waals surface area contributed by atoms with E-state index in [2.05, 4.69) is 34.9 Å². The van der Waals surface area contributed by atoms with Crippen molar-refractivity contribution in [3.8, 4) is 0 Å². The number of ether oxygens (including phenoxy) is 1. The summed E-state index contributed by atoms with van der Waals surface area (Å²) in [6.45, 7) is 2.95. The van der Waals surface area contributed by atoms with Crippen LogP contribution in [-0.4, -0.2) is 53.2 Å². The summed E-state index contributed by atoms with van der Waals surface area (Å²) in [4.78, 5) is 21.3. The highest BCUT2D eigenvalue weighted by molar-refractivity contribution is 6.30. The number of benzene rings is 3. The number of aryl methyl sites for hydroxylation is 1. The van der Waals surface area contributed by atoms with E-state index in [0.717, 1.165) is 60.3 Å². The van der Waals surface area contributed by atoms with Gasteiger partial charge < -0.3 is 19.9 Å². The van der Waals surface area contributed by atoms with Crippen LogP contribution in [0.15, 0.2) is 78.9 Å². The molecule has 0 spiro atoms. The van der Waals surface area contributed by atoms with Crippen molar-refractivity contribution in [2.24, 2.45) is 11.7 Å². The topological polar surface area (TPSA) is 73.4 Å². The summed E-state index contributed by atoms with van der Waals surface area (Å²) in [6.07, 6.45) is 4.11. The number of piperidine rings is 1. The summed E-state index contributed by atoms with van der Waals surface area (Å²) in [6, 6.07) is 26.0. The summed E-state index contributed by atoms with van der Waals surface area (Å²) < 4.78 is 7.66. The average Bonchev–Trinajstić information content (AvgIpc) is 3.36. The quantitative estimate of drug-likeness (QED) is 0.234. The minimum absolute atomic E-state index is 0.136. The normalized spacial score (nSPS) is 17.2. The van der Waals surface area contributed by atoms with Crippen molar-refractivity contribution in [2.45, 2.75) is 50.6 Å². The molecule has 2 unspecified atom stereocenters. The molecule has 3 atom stereocenters. The predicted octanol–water partition coefficient (Wildman–Crippen LogP) is 5.86. The van der Waals surface area contributed by atoms with Crippen LogP contribution in [0.1, 0.15) is 42.1 Å². The lowest BCUT2D eigenvalue weighted by Gasteiger charge is -2.36. The van der Waals surface area contributed by atoms with Crippen LogP contribution in [0.2, 0.25) is 5.02 Å². The Kier molecular flexibility index (Phi) is 9.53. The van der Waals surface area contributed by atoms with Crippen molar-refractivity contribution in [1.29, 1.82) is 0 Å². The summed E-state index contributed by atoms with van der Waals surface area (Å²) in [7, 11) is 1.74. The molecule has 5 rings (SSSR count). The fourth-order valence-electron chi connectivity index (χ4n) is 5.96. The highest BCUT2D eigenvalue weighted by Gasteiger charge is 2.34. The first-order valence-corrected chi connectivity index (χ1v) is 14.7. The first-order valence-electron chi connectivity index (χ1n) is 14.3. The smallest absolute Gasteiger partial charge is 0.227 e. The second-order valence-corrected chi connectivity index (χ2v) is 11.3. The Morgan fingerprint density at radius 3 is 2.52 bits per heavy atom. The molecule has 4 aromatic rings. The molecule has 7 heteroatoms. The number of nitrogens with zero attached hydrogens (tertiary/aromatic N) is 3. The third kappa shape index (κ3) is 6.74. The van der Waals surface area contributed by atoms with Crippen molar-refractivity contribution in [3.05, 3.63) is 101 Å². The third-order valence-electron chi connectivity index (χ3n) is 8.03. The SMILES string of the molecule is COCCCn1c([C@@H]2CCCN(C(=O)C(Cc3ccccc3)C(N)Cc3ccc(Cl)cc3)C2)nc2ccccc21. The molecule has 0 radical (unpaired) electrons. The maximum atomic E-state index is 14.2. The molecule has 1 saturated heterocycles. The number of hydrogen-bond acceptors (Lipinski definition) is 4. The van der Waals surface area contributed by atoms with Gasteiger partial charge in [-0.1, -0.05) is 66.2 Å².